The second-order valence-electron chi connectivity index (χ2n) is 6.17. The van der Waals surface area contributed by atoms with Crippen LogP contribution in [0.2, 0.25) is 0 Å². The van der Waals surface area contributed by atoms with Gasteiger partial charge in [-0.25, -0.2) is 0 Å². The van der Waals surface area contributed by atoms with Crippen LogP contribution in [0.3, 0.4) is 0 Å². The number of rotatable bonds is 6. The van der Waals surface area contributed by atoms with Crippen LogP contribution >= 0.6 is 0 Å². The molecule has 0 unspecified atom stereocenters. The van der Waals surface area contributed by atoms with Crippen molar-refractivity contribution in [1.82, 2.24) is 0 Å². The largest absolute Gasteiger partial charge is 0.399 e. The summed E-state index contributed by atoms with van der Waals surface area (Å²) in [5.41, 5.74) is 8.26. The number of nitrogens with one attached hydrogen (secondary N) is 2. The molecule has 140 valence electrons. The molecule has 0 heterocycles. The Labute approximate surface area is 162 Å². The van der Waals surface area contributed by atoms with E-state index in [1.165, 1.54) is 0 Å². The fraction of sp³-hybridized carbons (Fsp3) is 0.0455. The highest BCUT2D eigenvalue weighted by Crippen LogP contribution is 2.16. The average molecular weight is 373 g/mol. The molecule has 2 amide bonds. The molecule has 28 heavy (non-hydrogen) atoms. The first-order valence-corrected chi connectivity index (χ1v) is 8.66. The third-order valence-corrected chi connectivity index (χ3v) is 3.99. The highest BCUT2D eigenvalue weighted by atomic mass is 16.2. The zero-order valence-electron chi connectivity index (χ0n) is 15.0. The summed E-state index contributed by atoms with van der Waals surface area (Å²) in [6, 6.07) is 22.0. The van der Waals surface area contributed by atoms with E-state index in [4.69, 9.17) is 5.73 Å². The van der Waals surface area contributed by atoms with Crippen LogP contribution in [0.25, 0.3) is 0 Å². The maximum atomic E-state index is 12.2. The number of ketones is 1. The second-order valence-corrected chi connectivity index (χ2v) is 6.17. The van der Waals surface area contributed by atoms with Crippen LogP contribution in [0, 0.1) is 0 Å². The molecule has 0 atom stereocenters. The topological polar surface area (TPSA) is 101 Å². The van der Waals surface area contributed by atoms with Gasteiger partial charge in [-0.3, -0.25) is 14.4 Å². The number of amides is 2. The number of carbonyl (C=O) groups excluding carboxylic acids is 3. The second kappa shape index (κ2) is 8.64. The smallest absolute Gasteiger partial charge is 0.255 e. The normalized spacial score (nSPS) is 10.1. The number of hydrogen-bond donors (Lipinski definition) is 3. The molecule has 3 aromatic rings. The van der Waals surface area contributed by atoms with Gasteiger partial charge in [-0.15, -0.1) is 0 Å². The van der Waals surface area contributed by atoms with Crippen molar-refractivity contribution in [2.75, 3.05) is 16.4 Å². The van der Waals surface area contributed by atoms with Gasteiger partial charge in [-0.1, -0.05) is 36.4 Å². The molecule has 0 bridgehead atoms. The monoisotopic (exact) mass is 373 g/mol. The van der Waals surface area contributed by atoms with Crippen molar-refractivity contribution in [2.24, 2.45) is 0 Å². The SMILES string of the molecule is Nc1cccc(C(=O)Nc2ccc(NC(=O)CC(=O)c3ccccc3)cc2)c1. The van der Waals surface area contributed by atoms with Gasteiger partial charge in [0.1, 0.15) is 0 Å². The number of hydrogen-bond acceptors (Lipinski definition) is 4. The van der Waals surface area contributed by atoms with Crippen molar-refractivity contribution in [3.05, 3.63) is 90.0 Å². The van der Waals surface area contributed by atoms with Crippen LogP contribution < -0.4 is 16.4 Å². The lowest BCUT2D eigenvalue weighted by Gasteiger charge is -2.08. The molecule has 0 radical (unpaired) electrons. The van der Waals surface area contributed by atoms with E-state index in [0.29, 0.717) is 28.2 Å². The highest BCUT2D eigenvalue weighted by molar-refractivity contribution is 6.11. The van der Waals surface area contributed by atoms with Gasteiger partial charge in [0.2, 0.25) is 5.91 Å². The molecule has 3 rings (SSSR count). The fourth-order valence-electron chi connectivity index (χ4n) is 2.60. The van der Waals surface area contributed by atoms with Crippen LogP contribution in [-0.4, -0.2) is 17.6 Å². The molecule has 0 aliphatic heterocycles. The first kappa shape index (κ1) is 18.8. The van der Waals surface area contributed by atoms with E-state index in [1.54, 1.807) is 72.8 Å². The van der Waals surface area contributed by atoms with E-state index < -0.39 is 5.91 Å². The molecule has 0 fully saturated rings. The zero-order valence-corrected chi connectivity index (χ0v) is 15.0. The number of nitrogens with two attached hydrogens (primary N) is 1. The summed E-state index contributed by atoms with van der Waals surface area (Å²) in [4.78, 5) is 36.3. The minimum absolute atomic E-state index is 0.238. The Morgan fingerprint density at radius 3 is 1.96 bits per heavy atom. The molecular weight excluding hydrogens is 354 g/mol. The predicted molar refractivity (Wildman–Crippen MR) is 109 cm³/mol. The van der Waals surface area contributed by atoms with Gasteiger partial charge in [0.05, 0.1) is 6.42 Å². The number of anilines is 3. The van der Waals surface area contributed by atoms with E-state index in [-0.39, 0.29) is 18.1 Å². The predicted octanol–water partition coefficient (Wildman–Crippen LogP) is 3.73. The first-order chi connectivity index (χ1) is 13.5. The van der Waals surface area contributed by atoms with Crippen molar-refractivity contribution in [3.8, 4) is 0 Å². The zero-order chi connectivity index (χ0) is 19.9. The van der Waals surface area contributed by atoms with Crippen LogP contribution in [0.1, 0.15) is 27.1 Å². The molecular formula is C22H19N3O3. The summed E-state index contributed by atoms with van der Waals surface area (Å²) in [5.74, 6) is -0.924. The molecule has 6 heteroatoms. The van der Waals surface area contributed by atoms with Gasteiger partial charge in [0.25, 0.3) is 5.91 Å². The molecule has 4 N–H and O–H groups in total. The lowest BCUT2D eigenvalue weighted by molar-refractivity contribution is -0.115. The van der Waals surface area contributed by atoms with Gasteiger partial charge in [-0.05, 0) is 42.5 Å². The Balaban J connectivity index is 1.56. The van der Waals surface area contributed by atoms with Crippen molar-refractivity contribution in [1.29, 1.82) is 0 Å². The van der Waals surface area contributed by atoms with Crippen molar-refractivity contribution < 1.29 is 14.4 Å². The third-order valence-electron chi connectivity index (χ3n) is 3.99. The minimum atomic E-state index is -0.398. The maximum Gasteiger partial charge on any atom is 0.255 e. The van der Waals surface area contributed by atoms with Crippen molar-refractivity contribution >= 4 is 34.7 Å². The van der Waals surface area contributed by atoms with E-state index in [1.807, 2.05) is 6.07 Å². The van der Waals surface area contributed by atoms with Gasteiger partial charge in [0.15, 0.2) is 5.78 Å². The molecule has 0 aliphatic carbocycles. The van der Waals surface area contributed by atoms with Crippen molar-refractivity contribution in [2.45, 2.75) is 6.42 Å². The van der Waals surface area contributed by atoms with E-state index in [9.17, 15) is 14.4 Å². The summed E-state index contributed by atoms with van der Waals surface area (Å²) in [6.45, 7) is 0. The number of carbonyl (C=O) groups is 3. The van der Waals surface area contributed by atoms with Gasteiger partial charge in [-0.2, -0.15) is 0 Å². The quantitative estimate of drug-likeness (QED) is 0.348. The first-order valence-electron chi connectivity index (χ1n) is 8.66. The van der Waals surface area contributed by atoms with Crippen LogP contribution in [0.4, 0.5) is 17.1 Å². The third kappa shape index (κ3) is 5.04. The summed E-state index contributed by atoms with van der Waals surface area (Å²) >= 11 is 0. The van der Waals surface area contributed by atoms with Crippen LogP contribution in [0.15, 0.2) is 78.9 Å². The minimum Gasteiger partial charge on any atom is -0.399 e. The Morgan fingerprint density at radius 2 is 1.32 bits per heavy atom. The molecule has 0 saturated carbocycles. The Bertz CT molecular complexity index is 999. The molecule has 0 aromatic heterocycles. The van der Waals surface area contributed by atoms with E-state index in [2.05, 4.69) is 10.6 Å². The van der Waals surface area contributed by atoms with E-state index in [0.717, 1.165) is 0 Å². The number of nitrogen functional groups attached to an aromatic ring is 1. The number of Topliss-reactive ketones (excluding diaryl/α,β-unsaturated/α-hetero) is 1. The Kier molecular flexibility index (Phi) is 5.81. The standard InChI is InChI=1S/C22H19N3O3/c23-17-8-4-7-16(13-17)22(28)25-19-11-9-18(10-12-19)24-21(27)14-20(26)15-5-2-1-3-6-15/h1-13H,14,23H2,(H,24,27)(H,25,28). The van der Waals surface area contributed by atoms with Gasteiger partial charge in [0, 0.05) is 28.2 Å². The summed E-state index contributed by atoms with van der Waals surface area (Å²) in [6.07, 6.45) is -0.238. The molecule has 0 spiro atoms. The summed E-state index contributed by atoms with van der Waals surface area (Å²) < 4.78 is 0. The number of benzene rings is 3. The summed E-state index contributed by atoms with van der Waals surface area (Å²) in [7, 11) is 0. The molecule has 0 aliphatic rings. The van der Waals surface area contributed by atoms with Crippen LogP contribution in [-0.2, 0) is 4.79 Å². The Hall–Kier alpha value is -3.93. The molecule has 3 aromatic carbocycles. The highest BCUT2D eigenvalue weighted by Gasteiger charge is 2.12. The van der Waals surface area contributed by atoms with E-state index >= 15 is 0 Å². The lowest BCUT2D eigenvalue weighted by atomic mass is 10.1. The molecule has 0 saturated heterocycles. The summed E-state index contributed by atoms with van der Waals surface area (Å²) in [5, 5.41) is 5.43. The average Bonchev–Trinajstić information content (AvgIpc) is 2.70. The molecule has 6 nitrogen and oxygen atoms in total. The van der Waals surface area contributed by atoms with Crippen molar-refractivity contribution in [3.63, 3.8) is 0 Å². The maximum absolute atomic E-state index is 12.2. The lowest BCUT2D eigenvalue weighted by Crippen LogP contribution is -2.16. The fourth-order valence-corrected chi connectivity index (χ4v) is 2.60. The van der Waals surface area contributed by atoms with Crippen LogP contribution in [0.5, 0.6) is 0 Å². The Morgan fingerprint density at radius 1 is 0.714 bits per heavy atom. The van der Waals surface area contributed by atoms with Gasteiger partial charge >= 0.3 is 0 Å². The van der Waals surface area contributed by atoms with Gasteiger partial charge < -0.3 is 16.4 Å².